The minimum absolute atomic E-state index is 0.00578. The van der Waals surface area contributed by atoms with Crippen molar-refractivity contribution in [3.05, 3.63) is 64.4 Å². The second-order valence-electron chi connectivity index (χ2n) is 4.30. The summed E-state index contributed by atoms with van der Waals surface area (Å²) in [4.78, 5) is 12.4. The van der Waals surface area contributed by atoms with Crippen LogP contribution in [0.15, 0.2) is 42.5 Å². The summed E-state index contributed by atoms with van der Waals surface area (Å²) < 4.78 is 18.8. The summed E-state index contributed by atoms with van der Waals surface area (Å²) in [7, 11) is 1.51. The second kappa shape index (κ2) is 6.38. The van der Waals surface area contributed by atoms with E-state index in [1.807, 2.05) is 6.07 Å². The molecule has 21 heavy (non-hydrogen) atoms. The number of Topliss-reactive ketones (excluding diaryl/α,β-unsaturated/α-hetero) is 1. The topological polar surface area (TPSA) is 50.1 Å². The number of nitrogens with zero attached hydrogens (tertiary/aromatic N) is 1. The zero-order valence-electron chi connectivity index (χ0n) is 11.1. The number of benzene rings is 2. The first-order valence-corrected chi connectivity index (χ1v) is 6.48. The molecule has 0 aromatic heterocycles. The fourth-order valence-electron chi connectivity index (χ4n) is 1.96. The Morgan fingerprint density at radius 3 is 2.48 bits per heavy atom. The van der Waals surface area contributed by atoms with Crippen LogP contribution in [0, 0.1) is 17.1 Å². The highest BCUT2D eigenvalue weighted by Gasteiger charge is 2.26. The van der Waals surface area contributed by atoms with Gasteiger partial charge in [0.1, 0.15) is 17.5 Å². The number of ketones is 1. The zero-order chi connectivity index (χ0) is 15.4. The van der Waals surface area contributed by atoms with Crippen molar-refractivity contribution in [1.29, 1.82) is 5.26 Å². The van der Waals surface area contributed by atoms with Gasteiger partial charge >= 0.3 is 0 Å². The van der Waals surface area contributed by atoms with Gasteiger partial charge in [-0.1, -0.05) is 29.8 Å². The van der Waals surface area contributed by atoms with Crippen LogP contribution in [0.5, 0.6) is 5.75 Å². The molecule has 3 nitrogen and oxygen atoms in total. The van der Waals surface area contributed by atoms with Crippen LogP contribution in [0.2, 0.25) is 5.02 Å². The van der Waals surface area contributed by atoms with Gasteiger partial charge in [-0.15, -0.1) is 0 Å². The van der Waals surface area contributed by atoms with Gasteiger partial charge in [0, 0.05) is 0 Å². The molecule has 1 unspecified atom stereocenters. The number of hydrogen-bond donors (Lipinski definition) is 0. The lowest BCUT2D eigenvalue weighted by Crippen LogP contribution is -2.13. The summed E-state index contributed by atoms with van der Waals surface area (Å²) in [5.74, 6) is -1.91. The lowest BCUT2D eigenvalue weighted by Gasteiger charge is -2.11. The molecule has 0 heterocycles. The number of methoxy groups -OCH3 is 1. The van der Waals surface area contributed by atoms with E-state index in [-0.39, 0.29) is 10.6 Å². The normalized spacial score (nSPS) is 11.5. The number of nitriles is 1. The van der Waals surface area contributed by atoms with E-state index in [9.17, 15) is 14.4 Å². The highest BCUT2D eigenvalue weighted by atomic mass is 35.5. The van der Waals surface area contributed by atoms with Crippen LogP contribution in [-0.2, 0) is 0 Å². The minimum atomic E-state index is -1.12. The lowest BCUT2D eigenvalue weighted by atomic mass is 9.91. The highest BCUT2D eigenvalue weighted by molar-refractivity contribution is 6.34. The van der Waals surface area contributed by atoms with Crippen LogP contribution in [0.25, 0.3) is 0 Å². The molecule has 1 atom stereocenters. The quantitative estimate of drug-likeness (QED) is 0.803. The molecular weight excluding hydrogens is 293 g/mol. The van der Waals surface area contributed by atoms with E-state index in [1.54, 1.807) is 24.3 Å². The molecule has 2 aromatic carbocycles. The van der Waals surface area contributed by atoms with Crippen molar-refractivity contribution in [2.24, 2.45) is 0 Å². The van der Waals surface area contributed by atoms with Crippen LogP contribution < -0.4 is 4.74 Å². The van der Waals surface area contributed by atoms with Crippen molar-refractivity contribution in [3.63, 3.8) is 0 Å². The number of ether oxygens (including phenoxy) is 1. The van der Waals surface area contributed by atoms with Crippen molar-refractivity contribution in [2.75, 3.05) is 7.11 Å². The average molecular weight is 304 g/mol. The van der Waals surface area contributed by atoms with Crippen LogP contribution in [0.4, 0.5) is 4.39 Å². The molecule has 0 aliphatic carbocycles. The Hall–Kier alpha value is -2.38. The summed E-state index contributed by atoms with van der Waals surface area (Å²) in [5.41, 5.74) is 0.198. The summed E-state index contributed by atoms with van der Waals surface area (Å²) in [6.07, 6.45) is 0. The molecule has 0 aliphatic heterocycles. The van der Waals surface area contributed by atoms with E-state index < -0.39 is 17.5 Å². The van der Waals surface area contributed by atoms with E-state index in [1.165, 1.54) is 19.2 Å². The van der Waals surface area contributed by atoms with Crippen LogP contribution in [0.1, 0.15) is 21.8 Å². The molecule has 0 spiro atoms. The Kier molecular flexibility index (Phi) is 4.56. The van der Waals surface area contributed by atoms with Crippen molar-refractivity contribution in [3.8, 4) is 11.8 Å². The Morgan fingerprint density at radius 2 is 1.95 bits per heavy atom. The first-order chi connectivity index (χ1) is 10.1. The average Bonchev–Trinajstić information content (AvgIpc) is 2.48. The molecule has 0 amide bonds. The van der Waals surface area contributed by atoms with Crippen molar-refractivity contribution in [2.45, 2.75) is 5.92 Å². The zero-order valence-corrected chi connectivity index (χ0v) is 11.9. The highest BCUT2D eigenvalue weighted by Crippen LogP contribution is 2.27. The van der Waals surface area contributed by atoms with Gasteiger partial charge in [0.25, 0.3) is 0 Å². The Labute approximate surface area is 126 Å². The maximum absolute atomic E-state index is 13.8. The van der Waals surface area contributed by atoms with Crippen molar-refractivity contribution in [1.82, 2.24) is 0 Å². The number of halogens is 2. The van der Waals surface area contributed by atoms with Gasteiger partial charge in [-0.3, -0.25) is 4.79 Å². The number of carbonyl (C=O) groups is 1. The monoisotopic (exact) mass is 303 g/mol. The Morgan fingerprint density at radius 1 is 1.29 bits per heavy atom. The number of hydrogen-bond acceptors (Lipinski definition) is 3. The Balaban J connectivity index is 2.41. The van der Waals surface area contributed by atoms with E-state index in [0.29, 0.717) is 11.3 Å². The summed E-state index contributed by atoms with van der Waals surface area (Å²) in [6.45, 7) is 0. The largest absolute Gasteiger partial charge is 0.497 e. The molecule has 0 saturated carbocycles. The molecule has 0 N–H and O–H groups in total. The summed E-state index contributed by atoms with van der Waals surface area (Å²) >= 11 is 5.87. The van der Waals surface area contributed by atoms with E-state index >= 15 is 0 Å². The van der Waals surface area contributed by atoms with E-state index in [4.69, 9.17) is 16.3 Å². The molecule has 0 aliphatic rings. The first-order valence-electron chi connectivity index (χ1n) is 6.10. The maximum atomic E-state index is 13.8. The standard InChI is InChI=1S/C16H11ClFNO2/c1-21-11-7-5-10(6-8-11)12(9-19)16(20)15-13(17)3-2-4-14(15)18/h2-8,12H,1H3. The first kappa shape index (κ1) is 15.0. The fourth-order valence-corrected chi connectivity index (χ4v) is 2.21. The van der Waals surface area contributed by atoms with Crippen molar-refractivity contribution < 1.29 is 13.9 Å². The van der Waals surface area contributed by atoms with Crippen molar-refractivity contribution >= 4 is 17.4 Å². The lowest BCUT2D eigenvalue weighted by molar-refractivity contribution is 0.0975. The summed E-state index contributed by atoms with van der Waals surface area (Å²) in [5, 5.41) is 9.25. The van der Waals surface area contributed by atoms with Gasteiger partial charge in [-0.25, -0.2) is 4.39 Å². The molecule has 0 radical (unpaired) electrons. The fraction of sp³-hybridized carbons (Fsp3) is 0.125. The van der Waals surface area contributed by atoms with Gasteiger partial charge in [0.15, 0.2) is 5.78 Å². The smallest absolute Gasteiger partial charge is 0.188 e. The predicted octanol–water partition coefficient (Wildman–Crippen LogP) is 3.98. The maximum Gasteiger partial charge on any atom is 0.188 e. The SMILES string of the molecule is COc1ccc(C(C#N)C(=O)c2c(F)cccc2Cl)cc1. The minimum Gasteiger partial charge on any atom is -0.497 e. The molecular formula is C16H11ClFNO2. The van der Waals surface area contributed by atoms with Crippen LogP contribution in [-0.4, -0.2) is 12.9 Å². The molecule has 0 bridgehead atoms. The molecule has 2 rings (SSSR count). The predicted molar refractivity (Wildman–Crippen MR) is 77.1 cm³/mol. The third kappa shape index (κ3) is 3.04. The van der Waals surface area contributed by atoms with Crippen LogP contribution in [0.3, 0.4) is 0 Å². The van der Waals surface area contributed by atoms with Gasteiger partial charge in [-0.05, 0) is 29.8 Å². The van der Waals surface area contributed by atoms with Gasteiger partial charge in [0.2, 0.25) is 0 Å². The number of carbonyl (C=O) groups excluding carboxylic acids is 1. The van der Waals surface area contributed by atoms with Gasteiger partial charge < -0.3 is 4.74 Å². The second-order valence-corrected chi connectivity index (χ2v) is 4.70. The van der Waals surface area contributed by atoms with Gasteiger partial charge in [-0.2, -0.15) is 5.26 Å². The molecule has 0 fully saturated rings. The molecule has 0 saturated heterocycles. The van der Waals surface area contributed by atoms with Gasteiger partial charge in [0.05, 0.1) is 23.8 Å². The van der Waals surface area contributed by atoms with Crippen LogP contribution >= 0.6 is 11.6 Å². The van der Waals surface area contributed by atoms with E-state index in [0.717, 1.165) is 6.07 Å². The third-order valence-electron chi connectivity index (χ3n) is 3.05. The summed E-state index contributed by atoms with van der Waals surface area (Å²) in [6, 6.07) is 12.3. The molecule has 5 heteroatoms. The Bertz CT molecular complexity index is 687. The number of rotatable bonds is 4. The third-order valence-corrected chi connectivity index (χ3v) is 3.36. The van der Waals surface area contributed by atoms with E-state index in [2.05, 4.69) is 0 Å². The molecule has 106 valence electrons. The molecule has 2 aromatic rings.